The number of nitrogens with one attached hydrogen (secondary N) is 1. The van der Waals surface area contributed by atoms with Gasteiger partial charge in [-0.15, -0.1) is 0 Å². The largest absolute Gasteiger partial charge is 0.313 e. The van der Waals surface area contributed by atoms with E-state index in [1.807, 2.05) is 0 Å². The number of unbranched alkanes of at least 4 members (excludes halogenated alkanes) is 13. The molecule has 0 radical (unpaired) electrons. The molecule has 1 saturated heterocycles. The highest BCUT2D eigenvalue weighted by atomic mass is 14.9. The Morgan fingerprint density at radius 1 is 0.714 bits per heavy atom. The molecule has 1 aliphatic heterocycles. The smallest absolute Gasteiger partial charge is 0.00955 e. The van der Waals surface area contributed by atoms with Crippen LogP contribution in [0, 0.1) is 17.8 Å². The summed E-state index contributed by atoms with van der Waals surface area (Å²) >= 11 is 0. The van der Waals surface area contributed by atoms with Gasteiger partial charge < -0.3 is 5.32 Å². The zero-order chi connectivity index (χ0) is 19.9. The standard InChI is InChI=1S/C27H53N/c1-3-4-5-6-7-8-9-10-11-12-13-14-15-16-19-24(2)26-22-25-20-17-18-21-27(25)28-23-26/h24-28H,3-23H2,1-2H3. The van der Waals surface area contributed by atoms with E-state index in [-0.39, 0.29) is 0 Å². The van der Waals surface area contributed by atoms with Crippen molar-refractivity contribution in [1.82, 2.24) is 5.32 Å². The molecule has 0 spiro atoms. The first-order valence-electron chi connectivity index (χ1n) is 13.5. The van der Waals surface area contributed by atoms with Crippen LogP contribution in [0.3, 0.4) is 0 Å². The molecule has 0 aromatic heterocycles. The Labute approximate surface area is 178 Å². The lowest BCUT2D eigenvalue weighted by Gasteiger charge is -2.42. The van der Waals surface area contributed by atoms with Gasteiger partial charge in [0.05, 0.1) is 0 Å². The second-order valence-corrected chi connectivity index (χ2v) is 10.4. The van der Waals surface area contributed by atoms with Crippen molar-refractivity contribution in [1.29, 1.82) is 0 Å². The summed E-state index contributed by atoms with van der Waals surface area (Å²) in [7, 11) is 0. The minimum absolute atomic E-state index is 0.873. The molecule has 1 saturated carbocycles. The third kappa shape index (κ3) is 10.1. The average molecular weight is 392 g/mol. The van der Waals surface area contributed by atoms with Gasteiger partial charge in [0.1, 0.15) is 0 Å². The first kappa shape index (κ1) is 24.2. The van der Waals surface area contributed by atoms with Gasteiger partial charge in [-0.1, -0.05) is 123 Å². The zero-order valence-electron chi connectivity index (χ0n) is 19.7. The van der Waals surface area contributed by atoms with Gasteiger partial charge in [-0.2, -0.15) is 0 Å². The van der Waals surface area contributed by atoms with Crippen molar-refractivity contribution in [3.8, 4) is 0 Å². The highest BCUT2D eigenvalue weighted by Gasteiger charge is 2.33. The Bertz CT molecular complexity index is 352. The van der Waals surface area contributed by atoms with Crippen molar-refractivity contribution in [2.24, 2.45) is 17.8 Å². The minimum Gasteiger partial charge on any atom is -0.313 e. The normalized spacial score (nSPS) is 26.1. The highest BCUT2D eigenvalue weighted by molar-refractivity contribution is 4.89. The van der Waals surface area contributed by atoms with Crippen molar-refractivity contribution in [3.05, 3.63) is 0 Å². The van der Waals surface area contributed by atoms with Crippen molar-refractivity contribution in [3.63, 3.8) is 0 Å². The maximum Gasteiger partial charge on any atom is 0.00955 e. The van der Waals surface area contributed by atoms with Gasteiger partial charge in [-0.05, 0) is 43.6 Å². The Balaban J connectivity index is 1.34. The van der Waals surface area contributed by atoms with E-state index in [1.54, 1.807) is 0 Å². The molecule has 28 heavy (non-hydrogen) atoms. The Hall–Kier alpha value is -0.0400. The molecule has 0 aromatic rings. The summed E-state index contributed by atoms with van der Waals surface area (Å²) in [6, 6.07) is 0.873. The van der Waals surface area contributed by atoms with Crippen LogP contribution >= 0.6 is 0 Å². The third-order valence-corrected chi connectivity index (χ3v) is 7.97. The SMILES string of the molecule is CCCCCCCCCCCCCCCCC(C)C1CNC2CCCCC2C1. The molecule has 2 aliphatic rings. The number of hydrogen-bond acceptors (Lipinski definition) is 1. The fourth-order valence-corrected chi connectivity index (χ4v) is 5.86. The maximum atomic E-state index is 3.90. The topological polar surface area (TPSA) is 12.0 Å². The molecule has 1 heterocycles. The minimum atomic E-state index is 0.873. The average Bonchev–Trinajstić information content (AvgIpc) is 2.73. The van der Waals surface area contributed by atoms with Crippen LogP contribution in [0.1, 0.15) is 142 Å². The molecule has 1 aliphatic carbocycles. The van der Waals surface area contributed by atoms with E-state index in [0.29, 0.717) is 0 Å². The Morgan fingerprint density at radius 3 is 1.86 bits per heavy atom. The molecule has 166 valence electrons. The van der Waals surface area contributed by atoms with Crippen molar-refractivity contribution >= 4 is 0 Å². The van der Waals surface area contributed by atoms with Crippen molar-refractivity contribution in [2.75, 3.05) is 6.54 Å². The molecule has 1 nitrogen and oxygen atoms in total. The molecule has 1 heteroatoms. The highest BCUT2D eigenvalue weighted by Crippen LogP contribution is 2.36. The molecule has 2 rings (SSSR count). The second-order valence-electron chi connectivity index (χ2n) is 10.4. The summed E-state index contributed by atoms with van der Waals surface area (Å²) in [6.45, 7) is 6.15. The molecule has 4 atom stereocenters. The summed E-state index contributed by atoms with van der Waals surface area (Å²) in [5.74, 6) is 2.90. The molecule has 4 unspecified atom stereocenters. The van der Waals surface area contributed by atoms with E-state index in [1.165, 1.54) is 135 Å². The quantitative estimate of drug-likeness (QED) is 0.259. The zero-order valence-corrected chi connectivity index (χ0v) is 19.7. The first-order chi connectivity index (χ1) is 13.8. The van der Waals surface area contributed by atoms with Crippen LogP contribution in [0.15, 0.2) is 0 Å². The van der Waals surface area contributed by atoms with Crippen LogP contribution in [0.25, 0.3) is 0 Å². The van der Waals surface area contributed by atoms with Gasteiger partial charge in [0.25, 0.3) is 0 Å². The fourth-order valence-electron chi connectivity index (χ4n) is 5.86. The summed E-state index contributed by atoms with van der Waals surface area (Å²) in [6.07, 6.45) is 29.5. The number of fused-ring (bicyclic) bond motifs is 1. The molecule has 1 N–H and O–H groups in total. The third-order valence-electron chi connectivity index (χ3n) is 7.97. The predicted molar refractivity (Wildman–Crippen MR) is 126 cm³/mol. The summed E-state index contributed by atoms with van der Waals surface area (Å²) in [5, 5.41) is 3.90. The van der Waals surface area contributed by atoms with Gasteiger partial charge in [-0.25, -0.2) is 0 Å². The lowest BCUT2D eigenvalue weighted by Crippen LogP contribution is -2.48. The Kier molecular flexibility index (Phi) is 13.6. The van der Waals surface area contributed by atoms with E-state index >= 15 is 0 Å². The monoisotopic (exact) mass is 391 g/mol. The predicted octanol–water partition coefficient (Wildman–Crippen LogP) is 8.66. The molecular formula is C27H53N. The number of rotatable bonds is 16. The van der Waals surface area contributed by atoms with Gasteiger partial charge in [0, 0.05) is 6.04 Å². The number of hydrogen-bond donors (Lipinski definition) is 1. The molecular weight excluding hydrogens is 338 g/mol. The van der Waals surface area contributed by atoms with E-state index in [2.05, 4.69) is 19.2 Å². The lowest BCUT2D eigenvalue weighted by molar-refractivity contribution is 0.132. The van der Waals surface area contributed by atoms with Crippen molar-refractivity contribution in [2.45, 2.75) is 148 Å². The van der Waals surface area contributed by atoms with Crippen LogP contribution < -0.4 is 5.32 Å². The van der Waals surface area contributed by atoms with Crippen LogP contribution in [-0.2, 0) is 0 Å². The maximum absolute atomic E-state index is 3.90. The summed E-state index contributed by atoms with van der Waals surface area (Å²) < 4.78 is 0. The first-order valence-corrected chi connectivity index (χ1v) is 13.5. The van der Waals surface area contributed by atoms with Gasteiger partial charge in [0.2, 0.25) is 0 Å². The molecule has 2 fully saturated rings. The van der Waals surface area contributed by atoms with E-state index < -0.39 is 0 Å². The van der Waals surface area contributed by atoms with Gasteiger partial charge in [-0.3, -0.25) is 0 Å². The Morgan fingerprint density at radius 2 is 1.25 bits per heavy atom. The van der Waals surface area contributed by atoms with Crippen LogP contribution in [0.4, 0.5) is 0 Å². The van der Waals surface area contributed by atoms with E-state index in [0.717, 1.165) is 23.8 Å². The molecule has 0 aromatic carbocycles. The fraction of sp³-hybridized carbons (Fsp3) is 1.00. The lowest BCUT2D eigenvalue weighted by atomic mass is 9.72. The van der Waals surface area contributed by atoms with E-state index in [9.17, 15) is 0 Å². The van der Waals surface area contributed by atoms with Gasteiger partial charge in [0.15, 0.2) is 0 Å². The van der Waals surface area contributed by atoms with Gasteiger partial charge >= 0.3 is 0 Å². The van der Waals surface area contributed by atoms with Crippen LogP contribution in [0.2, 0.25) is 0 Å². The number of piperidine rings is 1. The summed E-state index contributed by atoms with van der Waals surface area (Å²) in [4.78, 5) is 0. The summed E-state index contributed by atoms with van der Waals surface area (Å²) in [5.41, 5.74) is 0. The van der Waals surface area contributed by atoms with Crippen LogP contribution in [-0.4, -0.2) is 12.6 Å². The molecule has 0 bridgehead atoms. The second kappa shape index (κ2) is 15.8. The van der Waals surface area contributed by atoms with Crippen LogP contribution in [0.5, 0.6) is 0 Å². The van der Waals surface area contributed by atoms with E-state index in [4.69, 9.17) is 0 Å². The molecule has 0 amide bonds. The van der Waals surface area contributed by atoms with Crippen molar-refractivity contribution < 1.29 is 0 Å².